The van der Waals surface area contributed by atoms with E-state index in [1.54, 1.807) is 7.11 Å². The number of aryl methyl sites for hydroxylation is 1. The van der Waals surface area contributed by atoms with Gasteiger partial charge in [-0.15, -0.1) is 0 Å². The van der Waals surface area contributed by atoms with E-state index >= 15 is 0 Å². The molecule has 8 heteroatoms. The fraction of sp³-hybridized carbons (Fsp3) is 0.457. The van der Waals surface area contributed by atoms with Crippen LogP contribution in [-0.4, -0.2) is 65.2 Å². The van der Waals surface area contributed by atoms with Gasteiger partial charge in [-0.2, -0.15) is 0 Å². The molecule has 0 spiro atoms. The largest absolute Gasteiger partial charge is 0.496 e. The normalized spacial score (nSPS) is 16.4. The summed E-state index contributed by atoms with van der Waals surface area (Å²) < 4.78 is 29.6. The van der Waals surface area contributed by atoms with Crippen molar-refractivity contribution in [2.24, 2.45) is 0 Å². The van der Waals surface area contributed by atoms with Gasteiger partial charge >= 0.3 is 0 Å². The number of benzene rings is 3. The fourth-order valence-electron chi connectivity index (χ4n) is 5.40. The quantitative estimate of drug-likeness (QED) is 0.209. The highest BCUT2D eigenvalue weighted by atomic mass is 16.5. The van der Waals surface area contributed by atoms with E-state index in [0.717, 1.165) is 66.3 Å². The van der Waals surface area contributed by atoms with Crippen LogP contribution in [0.2, 0.25) is 0 Å². The van der Waals surface area contributed by atoms with Crippen molar-refractivity contribution >= 4 is 5.91 Å². The first-order valence-corrected chi connectivity index (χ1v) is 15.3. The minimum atomic E-state index is -0.0237. The summed E-state index contributed by atoms with van der Waals surface area (Å²) in [6.45, 7) is 8.68. The van der Waals surface area contributed by atoms with Gasteiger partial charge in [0.2, 0.25) is 5.91 Å². The Bertz CT molecular complexity index is 1270. The fourth-order valence-corrected chi connectivity index (χ4v) is 5.40. The maximum Gasteiger partial charge on any atom is 0.216 e. The lowest BCUT2D eigenvalue weighted by Gasteiger charge is -2.32. The third-order valence-corrected chi connectivity index (χ3v) is 7.68. The van der Waals surface area contributed by atoms with Gasteiger partial charge in [-0.25, -0.2) is 0 Å². The number of methoxy groups -OCH3 is 1. The van der Waals surface area contributed by atoms with Gasteiger partial charge in [-0.1, -0.05) is 42.5 Å². The van der Waals surface area contributed by atoms with E-state index < -0.39 is 0 Å². The van der Waals surface area contributed by atoms with Crippen molar-refractivity contribution < 1.29 is 28.5 Å². The van der Waals surface area contributed by atoms with Gasteiger partial charge in [-0.05, 0) is 67.3 Å². The molecule has 1 amide bonds. The zero-order chi connectivity index (χ0) is 30.3. The lowest BCUT2D eigenvalue weighted by atomic mass is 9.88. The maximum atomic E-state index is 11.3. The van der Waals surface area contributed by atoms with Crippen molar-refractivity contribution in [2.45, 2.75) is 51.7 Å². The Kier molecular flexibility index (Phi) is 13.2. The first-order chi connectivity index (χ1) is 21.0. The Morgan fingerprint density at radius 2 is 1.74 bits per heavy atom. The Labute approximate surface area is 256 Å². The van der Waals surface area contributed by atoms with Crippen LogP contribution >= 0.6 is 0 Å². The number of nitrogens with one attached hydrogen (secondary N) is 2. The van der Waals surface area contributed by atoms with Crippen LogP contribution in [0, 0.1) is 6.92 Å². The van der Waals surface area contributed by atoms with E-state index in [4.69, 9.17) is 23.7 Å². The van der Waals surface area contributed by atoms with E-state index in [1.165, 1.54) is 12.5 Å². The molecule has 0 saturated carbocycles. The zero-order valence-corrected chi connectivity index (χ0v) is 25.7. The second-order valence-electron chi connectivity index (χ2n) is 10.8. The van der Waals surface area contributed by atoms with E-state index in [1.807, 2.05) is 48.5 Å². The molecule has 0 aliphatic carbocycles. The molecule has 232 valence electrons. The molecule has 4 rings (SSSR count). The summed E-state index contributed by atoms with van der Waals surface area (Å²) >= 11 is 0. The standard InChI is InChI=1S/C35H46N2O6/c1-26-8-6-11-34(31(26)17-19-37-27(2)38)42-22-23-43-35-24-36-18-16-32(35)28-12-14-30(15-13-28)41-21-7-20-40-25-29-9-4-5-10-33(29)39-3/h4-6,8-15,32,35-36H,7,16-25H2,1-3H3,(H,37,38)/t32-,35+/m1/s1. The van der Waals surface area contributed by atoms with Crippen LogP contribution < -0.4 is 24.8 Å². The predicted molar refractivity (Wildman–Crippen MR) is 168 cm³/mol. The van der Waals surface area contributed by atoms with Crippen LogP contribution in [0.25, 0.3) is 0 Å². The number of hydrogen-bond acceptors (Lipinski definition) is 7. The lowest BCUT2D eigenvalue weighted by Crippen LogP contribution is -2.41. The molecule has 3 aromatic rings. The molecule has 2 atom stereocenters. The number of amides is 1. The number of carbonyl (C=O) groups is 1. The summed E-state index contributed by atoms with van der Waals surface area (Å²) in [4.78, 5) is 11.3. The van der Waals surface area contributed by atoms with E-state index in [2.05, 4.69) is 35.8 Å². The van der Waals surface area contributed by atoms with Crippen molar-refractivity contribution in [3.8, 4) is 17.2 Å². The second kappa shape index (κ2) is 17.5. The number of hydrogen-bond donors (Lipinski definition) is 2. The third-order valence-electron chi connectivity index (χ3n) is 7.68. The molecule has 8 nitrogen and oxygen atoms in total. The Morgan fingerprint density at radius 3 is 2.56 bits per heavy atom. The number of ether oxygens (including phenoxy) is 5. The van der Waals surface area contributed by atoms with Gasteiger partial charge in [0.1, 0.15) is 23.9 Å². The van der Waals surface area contributed by atoms with Crippen LogP contribution in [0.4, 0.5) is 0 Å². The molecule has 0 aromatic heterocycles. The molecular formula is C35H46N2O6. The molecule has 1 saturated heterocycles. The van der Waals surface area contributed by atoms with E-state index in [0.29, 0.717) is 45.5 Å². The monoisotopic (exact) mass is 590 g/mol. The summed E-state index contributed by atoms with van der Waals surface area (Å²) in [5, 5.41) is 6.34. The smallest absolute Gasteiger partial charge is 0.216 e. The molecule has 1 aliphatic rings. The molecule has 3 aromatic carbocycles. The number of carbonyl (C=O) groups excluding carboxylic acids is 1. The summed E-state index contributed by atoms with van der Waals surface area (Å²) in [6, 6.07) is 22.4. The van der Waals surface area contributed by atoms with Gasteiger partial charge in [-0.3, -0.25) is 4.79 Å². The molecule has 43 heavy (non-hydrogen) atoms. The van der Waals surface area contributed by atoms with E-state index in [9.17, 15) is 4.79 Å². The van der Waals surface area contributed by atoms with Gasteiger partial charge in [0.05, 0.1) is 39.6 Å². The Morgan fingerprint density at radius 1 is 0.930 bits per heavy atom. The third kappa shape index (κ3) is 10.3. The minimum Gasteiger partial charge on any atom is -0.496 e. The topological polar surface area (TPSA) is 87.3 Å². The molecule has 1 aliphatic heterocycles. The second-order valence-corrected chi connectivity index (χ2v) is 10.8. The van der Waals surface area contributed by atoms with Crippen molar-refractivity contribution in [3.63, 3.8) is 0 Å². The first kappa shape index (κ1) is 32.3. The van der Waals surface area contributed by atoms with Gasteiger partial charge in [0.25, 0.3) is 0 Å². The summed E-state index contributed by atoms with van der Waals surface area (Å²) in [5.41, 5.74) is 4.59. The summed E-state index contributed by atoms with van der Waals surface area (Å²) in [5.74, 6) is 2.85. The van der Waals surface area contributed by atoms with Gasteiger partial charge in [0.15, 0.2) is 0 Å². The van der Waals surface area contributed by atoms with Crippen LogP contribution in [0.1, 0.15) is 47.9 Å². The highest BCUT2D eigenvalue weighted by molar-refractivity contribution is 5.72. The minimum absolute atomic E-state index is 0.0237. The molecular weight excluding hydrogens is 544 g/mol. The summed E-state index contributed by atoms with van der Waals surface area (Å²) in [6.07, 6.45) is 2.62. The SMILES string of the molecule is COc1ccccc1COCCCOc1ccc([C@H]2CCNC[C@@H]2OCCOc2cccc(C)c2CCNC(C)=O)cc1. The molecule has 0 radical (unpaired) electrons. The predicted octanol–water partition coefficient (Wildman–Crippen LogP) is 5.21. The van der Waals surface area contributed by atoms with Crippen LogP contribution in [0.3, 0.4) is 0 Å². The van der Waals surface area contributed by atoms with Crippen molar-refractivity contribution in [2.75, 3.05) is 53.2 Å². The average molecular weight is 591 g/mol. The van der Waals surface area contributed by atoms with Crippen LogP contribution in [0.5, 0.6) is 17.2 Å². The lowest BCUT2D eigenvalue weighted by molar-refractivity contribution is -0.118. The van der Waals surface area contributed by atoms with E-state index in [-0.39, 0.29) is 12.0 Å². The van der Waals surface area contributed by atoms with Crippen molar-refractivity contribution in [1.82, 2.24) is 10.6 Å². The van der Waals surface area contributed by atoms with Gasteiger partial charge < -0.3 is 34.3 Å². The number of piperidine rings is 1. The number of rotatable bonds is 17. The first-order valence-electron chi connectivity index (χ1n) is 15.3. The van der Waals surface area contributed by atoms with Crippen LogP contribution in [-0.2, 0) is 27.3 Å². The van der Waals surface area contributed by atoms with Gasteiger partial charge in [0, 0.05) is 37.9 Å². The van der Waals surface area contributed by atoms with Crippen molar-refractivity contribution in [3.05, 3.63) is 89.0 Å². The molecule has 0 bridgehead atoms. The zero-order valence-electron chi connectivity index (χ0n) is 25.7. The molecule has 1 fully saturated rings. The molecule has 2 N–H and O–H groups in total. The maximum absolute atomic E-state index is 11.3. The summed E-state index contributed by atoms with van der Waals surface area (Å²) in [7, 11) is 1.67. The highest BCUT2D eigenvalue weighted by Crippen LogP contribution is 2.29. The van der Waals surface area contributed by atoms with Crippen LogP contribution in [0.15, 0.2) is 66.7 Å². The highest BCUT2D eigenvalue weighted by Gasteiger charge is 2.27. The number of para-hydroxylation sites is 1. The average Bonchev–Trinajstić information content (AvgIpc) is 3.02. The molecule has 1 heterocycles. The Hall–Kier alpha value is -3.59. The molecule has 0 unspecified atom stereocenters. The Balaban J connectivity index is 1.18. The van der Waals surface area contributed by atoms with Crippen molar-refractivity contribution in [1.29, 1.82) is 0 Å².